The second-order valence-corrected chi connectivity index (χ2v) is 7.02. The number of benzene rings is 2. The van der Waals surface area contributed by atoms with Gasteiger partial charge in [0, 0.05) is 5.69 Å². The van der Waals surface area contributed by atoms with Gasteiger partial charge in [-0.1, -0.05) is 48.5 Å². The van der Waals surface area contributed by atoms with Crippen LogP contribution >= 0.6 is 11.1 Å². The molecule has 87 valence electrons. The molecule has 17 heavy (non-hydrogen) atoms. The molecule has 0 aliphatic heterocycles. The van der Waals surface area contributed by atoms with Gasteiger partial charge in [0.25, 0.3) is 8.27 Å². The number of nitrogens with zero attached hydrogens (tertiary/aromatic N) is 1. The number of hydrogen-bond acceptors (Lipinski definition) is 1. The predicted octanol–water partition coefficient (Wildman–Crippen LogP) is 3.63. The summed E-state index contributed by atoms with van der Waals surface area (Å²) in [4.78, 5) is 0. The number of halogens is 1. The summed E-state index contributed by atoms with van der Waals surface area (Å²) in [6, 6.07) is 21.7. The fourth-order valence-corrected chi connectivity index (χ4v) is 3.67. The Hall–Kier alpha value is -1.25. The van der Waals surface area contributed by atoms with Gasteiger partial charge in [-0.25, -0.2) is 0 Å². The highest BCUT2D eigenvalue weighted by Gasteiger charge is 2.16. The molecule has 0 atom stereocenters. The van der Waals surface area contributed by atoms with Crippen LogP contribution in [-0.2, 0) is 6.04 Å². The average Bonchev–Trinajstić information content (AvgIpc) is 2.40. The Balaban J connectivity index is 2.03. The van der Waals surface area contributed by atoms with Crippen LogP contribution in [0.3, 0.4) is 0 Å². The Bertz CT molecular complexity index is 446. The van der Waals surface area contributed by atoms with Crippen molar-refractivity contribution < 1.29 is 0 Å². The van der Waals surface area contributed by atoms with Crippen molar-refractivity contribution in [2.75, 3.05) is 11.6 Å². The largest absolute Gasteiger partial charge is 0.388 e. The summed E-state index contributed by atoms with van der Waals surface area (Å²) < 4.78 is 2.19. The molecule has 0 saturated heterocycles. The monoisotopic (exact) mass is 260 g/mol. The van der Waals surface area contributed by atoms with E-state index < -0.39 is 8.27 Å². The van der Waals surface area contributed by atoms with Crippen molar-refractivity contribution in [3.63, 3.8) is 0 Å². The van der Waals surface area contributed by atoms with Crippen LogP contribution in [0.5, 0.6) is 0 Å². The summed E-state index contributed by atoms with van der Waals surface area (Å²) in [7, 11) is 1.00. The average molecular weight is 261 g/mol. The van der Waals surface area contributed by atoms with Crippen molar-refractivity contribution >= 4 is 25.0 Å². The molecule has 0 aromatic heterocycles. The van der Waals surface area contributed by atoms with Gasteiger partial charge in [0.15, 0.2) is 0 Å². The molecule has 1 radical (unpaired) electrons. The van der Waals surface area contributed by atoms with Crippen LogP contribution in [0.25, 0.3) is 0 Å². The predicted molar refractivity (Wildman–Crippen MR) is 76.6 cm³/mol. The van der Waals surface area contributed by atoms with Gasteiger partial charge >= 0.3 is 0 Å². The van der Waals surface area contributed by atoms with E-state index in [0.717, 1.165) is 6.04 Å². The minimum Gasteiger partial charge on any atom is -0.388 e. The van der Waals surface area contributed by atoms with Crippen LogP contribution in [0.1, 0.15) is 5.56 Å². The normalized spacial score (nSPS) is 10.5. The van der Waals surface area contributed by atoms with Gasteiger partial charge in [0.2, 0.25) is 0 Å². The lowest BCUT2D eigenvalue weighted by Crippen LogP contribution is -2.33. The van der Waals surface area contributed by atoms with Gasteiger partial charge < -0.3 is 4.57 Å². The zero-order valence-corrected chi connectivity index (χ0v) is 11.6. The number of anilines is 1. The van der Waals surface area contributed by atoms with Crippen LogP contribution < -0.4 is 4.57 Å². The Labute approximate surface area is 109 Å². The van der Waals surface area contributed by atoms with Crippen LogP contribution in [0.15, 0.2) is 60.7 Å². The molecule has 0 fully saturated rings. The minimum absolute atomic E-state index is 0.943. The maximum absolute atomic E-state index is 6.53. The Morgan fingerprint density at radius 3 is 2.06 bits per heavy atom. The van der Waals surface area contributed by atoms with Gasteiger partial charge in [-0.05, 0) is 30.8 Å². The molecule has 3 heteroatoms. The third-order valence-electron chi connectivity index (χ3n) is 2.70. The summed E-state index contributed by atoms with van der Waals surface area (Å²) >= 11 is 6.53. The first-order chi connectivity index (χ1) is 8.27. The minimum atomic E-state index is -1.07. The van der Waals surface area contributed by atoms with E-state index in [0.29, 0.717) is 0 Å². The van der Waals surface area contributed by atoms with E-state index in [2.05, 4.69) is 48.0 Å². The fourth-order valence-electron chi connectivity index (χ4n) is 1.67. The number of para-hydroxylation sites is 1. The SMILES string of the molecule is CN(c1ccccc1)[Si](Cl)Cc1ccccc1. The molecular formula is C14H15ClNSi. The lowest BCUT2D eigenvalue weighted by atomic mass is 10.2. The number of rotatable bonds is 4. The summed E-state index contributed by atoms with van der Waals surface area (Å²) in [5.74, 6) is 0. The lowest BCUT2D eigenvalue weighted by molar-refractivity contribution is 1.25. The van der Waals surface area contributed by atoms with E-state index in [4.69, 9.17) is 11.1 Å². The molecule has 0 spiro atoms. The molecule has 0 aliphatic rings. The summed E-state index contributed by atoms with van der Waals surface area (Å²) in [5, 5.41) is 0. The highest BCUT2D eigenvalue weighted by atomic mass is 35.6. The maximum atomic E-state index is 6.53. The highest BCUT2D eigenvalue weighted by Crippen LogP contribution is 2.16. The van der Waals surface area contributed by atoms with Crippen LogP contribution in [0.4, 0.5) is 5.69 Å². The summed E-state index contributed by atoms with van der Waals surface area (Å²) in [6.45, 7) is 0. The van der Waals surface area contributed by atoms with Gasteiger partial charge in [-0.15, -0.1) is 11.1 Å². The molecule has 0 aliphatic carbocycles. The second kappa shape index (κ2) is 5.89. The van der Waals surface area contributed by atoms with Gasteiger partial charge in [0.05, 0.1) is 0 Å². The van der Waals surface area contributed by atoms with E-state index >= 15 is 0 Å². The molecule has 0 amide bonds. The first-order valence-electron chi connectivity index (χ1n) is 5.61. The fraction of sp³-hybridized carbons (Fsp3) is 0.143. The van der Waals surface area contributed by atoms with Crippen molar-refractivity contribution in [2.45, 2.75) is 6.04 Å². The van der Waals surface area contributed by atoms with Crippen LogP contribution in [-0.4, -0.2) is 15.3 Å². The molecule has 0 unspecified atom stereocenters. The molecule has 0 saturated carbocycles. The maximum Gasteiger partial charge on any atom is 0.287 e. The van der Waals surface area contributed by atoms with E-state index in [1.807, 2.05) is 24.3 Å². The molecular weight excluding hydrogens is 246 g/mol. The number of hydrogen-bond donors (Lipinski definition) is 0. The zero-order valence-electron chi connectivity index (χ0n) is 9.81. The van der Waals surface area contributed by atoms with Crippen molar-refractivity contribution in [1.29, 1.82) is 0 Å². The van der Waals surface area contributed by atoms with E-state index in [9.17, 15) is 0 Å². The van der Waals surface area contributed by atoms with Gasteiger partial charge in [-0.3, -0.25) is 0 Å². The van der Waals surface area contributed by atoms with Crippen molar-refractivity contribution in [3.05, 3.63) is 66.2 Å². The molecule has 1 nitrogen and oxygen atoms in total. The zero-order chi connectivity index (χ0) is 12.1. The van der Waals surface area contributed by atoms with Gasteiger partial charge in [0.1, 0.15) is 0 Å². The van der Waals surface area contributed by atoms with Crippen molar-refractivity contribution in [1.82, 2.24) is 0 Å². The van der Waals surface area contributed by atoms with E-state index in [-0.39, 0.29) is 0 Å². The first-order valence-corrected chi connectivity index (χ1v) is 8.28. The Kier molecular flexibility index (Phi) is 4.23. The summed E-state index contributed by atoms with van der Waals surface area (Å²) in [5.41, 5.74) is 2.49. The van der Waals surface area contributed by atoms with Crippen LogP contribution in [0, 0.1) is 0 Å². The lowest BCUT2D eigenvalue weighted by Gasteiger charge is -2.23. The highest BCUT2D eigenvalue weighted by molar-refractivity contribution is 7.08. The van der Waals surface area contributed by atoms with Crippen molar-refractivity contribution in [2.24, 2.45) is 0 Å². The standard InChI is InChI=1S/C14H15ClNSi/c1-16(14-10-6-3-7-11-14)17(15)12-13-8-4-2-5-9-13/h2-11H,12H2,1H3. The Morgan fingerprint density at radius 2 is 1.47 bits per heavy atom. The second-order valence-electron chi connectivity index (χ2n) is 3.93. The van der Waals surface area contributed by atoms with E-state index in [1.165, 1.54) is 11.3 Å². The molecule has 2 aromatic carbocycles. The topological polar surface area (TPSA) is 3.24 Å². The third kappa shape index (κ3) is 3.35. The molecule has 2 aromatic rings. The quantitative estimate of drug-likeness (QED) is 0.599. The first kappa shape index (κ1) is 12.2. The third-order valence-corrected chi connectivity index (χ3v) is 5.55. The molecule has 2 rings (SSSR count). The van der Waals surface area contributed by atoms with Crippen LogP contribution in [0.2, 0.25) is 0 Å². The van der Waals surface area contributed by atoms with E-state index in [1.54, 1.807) is 0 Å². The molecule has 0 N–H and O–H groups in total. The smallest absolute Gasteiger partial charge is 0.287 e. The molecule has 0 bridgehead atoms. The van der Waals surface area contributed by atoms with Gasteiger partial charge in [-0.2, -0.15) is 0 Å². The van der Waals surface area contributed by atoms with Crippen molar-refractivity contribution in [3.8, 4) is 0 Å². The molecule has 0 heterocycles. The Morgan fingerprint density at radius 1 is 0.941 bits per heavy atom. The summed E-state index contributed by atoms with van der Waals surface area (Å²) in [6.07, 6.45) is 0.